The van der Waals surface area contributed by atoms with Gasteiger partial charge >= 0.3 is 0 Å². The molecule has 0 spiro atoms. The van der Waals surface area contributed by atoms with Gasteiger partial charge in [0.1, 0.15) is 11.6 Å². The largest absolute Gasteiger partial charge is 0.437 e. The van der Waals surface area contributed by atoms with Crippen LogP contribution in [-0.4, -0.2) is 43.4 Å². The van der Waals surface area contributed by atoms with E-state index in [0.29, 0.717) is 19.0 Å². The number of nitrogens with zero attached hydrogens (tertiary/aromatic N) is 5. The average molecular weight is 468 g/mol. The van der Waals surface area contributed by atoms with Crippen molar-refractivity contribution in [2.45, 2.75) is 39.2 Å². The molecule has 1 aliphatic rings. The van der Waals surface area contributed by atoms with Gasteiger partial charge in [0.25, 0.3) is 5.91 Å². The van der Waals surface area contributed by atoms with Crippen LogP contribution in [0.3, 0.4) is 0 Å². The van der Waals surface area contributed by atoms with Gasteiger partial charge in [-0.2, -0.15) is 0 Å². The van der Waals surface area contributed by atoms with Crippen LogP contribution < -0.4 is 4.74 Å². The van der Waals surface area contributed by atoms with E-state index in [1.54, 1.807) is 18.6 Å². The van der Waals surface area contributed by atoms with Gasteiger partial charge in [0.15, 0.2) is 0 Å². The molecule has 2 aromatic carbocycles. The maximum Gasteiger partial charge on any atom is 0.254 e. The highest BCUT2D eigenvalue weighted by Gasteiger charge is 2.28. The molecule has 0 radical (unpaired) electrons. The van der Waals surface area contributed by atoms with Crippen molar-refractivity contribution in [3.63, 3.8) is 0 Å². The number of hydrogen-bond acceptors (Lipinski definition) is 5. The summed E-state index contributed by atoms with van der Waals surface area (Å²) in [6, 6.07) is 15.7. The number of rotatable bonds is 6. The molecule has 5 rings (SSSR count). The summed E-state index contributed by atoms with van der Waals surface area (Å²) in [6.45, 7) is 5.94. The maximum absolute atomic E-state index is 13.6. The highest BCUT2D eigenvalue weighted by Crippen LogP contribution is 2.29. The topological polar surface area (TPSA) is 73.1 Å². The Labute approximate surface area is 205 Å². The summed E-state index contributed by atoms with van der Waals surface area (Å²) < 4.78 is 8.05. The number of carbonyl (C=O) groups excluding carboxylic acids is 1. The van der Waals surface area contributed by atoms with Crippen LogP contribution in [0.4, 0.5) is 0 Å². The lowest BCUT2D eigenvalue weighted by molar-refractivity contribution is 0.0704. The number of ether oxygens (including phenoxy) is 1. The van der Waals surface area contributed by atoms with Gasteiger partial charge in [0.05, 0.1) is 11.9 Å². The number of benzene rings is 2. The van der Waals surface area contributed by atoms with Crippen LogP contribution in [0.5, 0.6) is 11.6 Å². The van der Waals surface area contributed by atoms with E-state index in [-0.39, 0.29) is 11.8 Å². The smallest absolute Gasteiger partial charge is 0.254 e. The van der Waals surface area contributed by atoms with E-state index in [4.69, 9.17) is 9.72 Å². The standard InChI is InChI=1S/C28H29N5O2/c1-20-8-3-6-12-26(20)35-27-17-29-16-25(31-27)23-10-7-14-33(19-23)28(34)24-11-5-4-9-22(24)18-32-15-13-30-21(32)2/h3-6,8-9,11-13,15-17,23H,7,10,14,18-19H2,1-2H3. The molecule has 1 amide bonds. The molecule has 178 valence electrons. The SMILES string of the molecule is Cc1ccccc1Oc1cncc(C2CCCN(C(=O)c3ccccc3Cn3ccnc3C)C2)n1. The zero-order chi connectivity index (χ0) is 24.2. The molecule has 1 saturated heterocycles. The Kier molecular flexibility index (Phi) is 6.57. The summed E-state index contributed by atoms with van der Waals surface area (Å²) in [5, 5.41) is 0. The lowest BCUT2D eigenvalue weighted by atomic mass is 9.94. The van der Waals surface area contributed by atoms with Crippen molar-refractivity contribution in [1.82, 2.24) is 24.4 Å². The van der Waals surface area contributed by atoms with Gasteiger partial charge in [0.2, 0.25) is 5.88 Å². The Morgan fingerprint density at radius 2 is 1.91 bits per heavy atom. The fourth-order valence-corrected chi connectivity index (χ4v) is 4.59. The number of piperidine rings is 1. The third-order valence-electron chi connectivity index (χ3n) is 6.58. The highest BCUT2D eigenvalue weighted by molar-refractivity contribution is 5.95. The van der Waals surface area contributed by atoms with E-state index in [0.717, 1.165) is 53.3 Å². The Morgan fingerprint density at radius 1 is 1.09 bits per heavy atom. The lowest BCUT2D eigenvalue weighted by Crippen LogP contribution is -2.39. The van der Waals surface area contributed by atoms with E-state index in [1.165, 1.54) is 0 Å². The van der Waals surface area contributed by atoms with E-state index >= 15 is 0 Å². The highest BCUT2D eigenvalue weighted by atomic mass is 16.5. The summed E-state index contributed by atoms with van der Waals surface area (Å²) >= 11 is 0. The lowest BCUT2D eigenvalue weighted by Gasteiger charge is -2.33. The van der Waals surface area contributed by atoms with Crippen LogP contribution in [0, 0.1) is 13.8 Å². The molecule has 1 fully saturated rings. The molecule has 0 aliphatic carbocycles. The van der Waals surface area contributed by atoms with Gasteiger partial charge in [-0.3, -0.25) is 9.78 Å². The quantitative estimate of drug-likeness (QED) is 0.392. The zero-order valence-electron chi connectivity index (χ0n) is 20.1. The molecule has 0 N–H and O–H groups in total. The fraction of sp³-hybridized carbons (Fsp3) is 0.286. The van der Waals surface area contributed by atoms with Crippen LogP contribution in [0.25, 0.3) is 0 Å². The summed E-state index contributed by atoms with van der Waals surface area (Å²) in [5.74, 6) is 2.34. The van der Waals surface area contributed by atoms with Gasteiger partial charge < -0.3 is 14.2 Å². The minimum atomic E-state index is 0.0587. The van der Waals surface area contributed by atoms with Crippen molar-refractivity contribution in [2.75, 3.05) is 13.1 Å². The van der Waals surface area contributed by atoms with Crippen molar-refractivity contribution in [2.24, 2.45) is 0 Å². The molecule has 7 heteroatoms. The second-order valence-corrected chi connectivity index (χ2v) is 9.00. The molecule has 1 aliphatic heterocycles. The Hall–Kier alpha value is -4.00. The van der Waals surface area contributed by atoms with E-state index < -0.39 is 0 Å². The van der Waals surface area contributed by atoms with Gasteiger partial charge in [-0.15, -0.1) is 0 Å². The minimum Gasteiger partial charge on any atom is -0.437 e. The molecule has 1 atom stereocenters. The first-order valence-electron chi connectivity index (χ1n) is 12.0. The van der Waals surface area contributed by atoms with Crippen LogP contribution >= 0.6 is 0 Å². The van der Waals surface area contributed by atoms with Crippen LogP contribution in [-0.2, 0) is 6.54 Å². The van der Waals surface area contributed by atoms with Gasteiger partial charge in [-0.05, 0) is 49.9 Å². The Morgan fingerprint density at radius 3 is 2.74 bits per heavy atom. The molecule has 0 bridgehead atoms. The second-order valence-electron chi connectivity index (χ2n) is 9.00. The predicted octanol–water partition coefficient (Wildman–Crippen LogP) is 5.15. The summed E-state index contributed by atoms with van der Waals surface area (Å²) in [6.07, 6.45) is 9.03. The molecule has 2 aromatic heterocycles. The van der Waals surface area contributed by atoms with Gasteiger partial charge in [0, 0.05) is 49.7 Å². The Balaban J connectivity index is 1.32. The molecule has 4 aromatic rings. The number of para-hydroxylation sites is 1. The third-order valence-corrected chi connectivity index (χ3v) is 6.58. The van der Waals surface area contributed by atoms with Gasteiger partial charge in [-0.1, -0.05) is 36.4 Å². The Bertz CT molecular complexity index is 1330. The van der Waals surface area contributed by atoms with Gasteiger partial charge in [-0.25, -0.2) is 9.97 Å². The number of hydrogen-bond donors (Lipinski definition) is 0. The molecule has 7 nitrogen and oxygen atoms in total. The monoisotopic (exact) mass is 467 g/mol. The third kappa shape index (κ3) is 5.09. The van der Waals surface area contributed by atoms with Crippen molar-refractivity contribution >= 4 is 5.91 Å². The average Bonchev–Trinajstić information content (AvgIpc) is 3.30. The van der Waals surface area contributed by atoms with Crippen molar-refractivity contribution < 1.29 is 9.53 Å². The van der Waals surface area contributed by atoms with E-state index in [2.05, 4.69) is 14.5 Å². The van der Waals surface area contributed by atoms with Crippen molar-refractivity contribution in [3.8, 4) is 11.6 Å². The number of aryl methyl sites for hydroxylation is 2. The van der Waals surface area contributed by atoms with Crippen molar-refractivity contribution in [3.05, 3.63) is 102 Å². The van der Waals surface area contributed by atoms with Crippen molar-refractivity contribution in [1.29, 1.82) is 0 Å². The maximum atomic E-state index is 13.6. The zero-order valence-corrected chi connectivity index (χ0v) is 20.1. The normalized spacial score (nSPS) is 15.7. The number of amides is 1. The predicted molar refractivity (Wildman–Crippen MR) is 134 cm³/mol. The molecule has 0 saturated carbocycles. The van der Waals surface area contributed by atoms with Crippen LogP contribution in [0.2, 0.25) is 0 Å². The number of aromatic nitrogens is 4. The minimum absolute atomic E-state index is 0.0587. The number of carbonyl (C=O) groups is 1. The van der Waals surface area contributed by atoms with E-state index in [1.807, 2.05) is 73.5 Å². The summed E-state index contributed by atoms with van der Waals surface area (Å²) in [5.41, 5.74) is 3.63. The first kappa shape index (κ1) is 22.8. The molecule has 1 unspecified atom stereocenters. The van der Waals surface area contributed by atoms with Crippen LogP contribution in [0.15, 0.2) is 73.3 Å². The molecular weight excluding hydrogens is 438 g/mol. The second kappa shape index (κ2) is 10.1. The number of likely N-dealkylation sites (tertiary alicyclic amines) is 1. The fourth-order valence-electron chi connectivity index (χ4n) is 4.59. The number of imidazole rings is 1. The van der Waals surface area contributed by atoms with Crippen LogP contribution in [0.1, 0.15) is 51.8 Å². The molecule has 3 heterocycles. The summed E-state index contributed by atoms with van der Waals surface area (Å²) in [7, 11) is 0. The summed E-state index contributed by atoms with van der Waals surface area (Å²) in [4.78, 5) is 29.0. The molecular formula is C28H29N5O2. The van der Waals surface area contributed by atoms with E-state index in [9.17, 15) is 4.79 Å². The first-order chi connectivity index (χ1) is 17.1. The molecule has 35 heavy (non-hydrogen) atoms. The first-order valence-corrected chi connectivity index (χ1v) is 12.0.